The van der Waals surface area contributed by atoms with E-state index in [2.05, 4.69) is 16.0 Å². The smallest absolute Gasteiger partial charge is 0.272 e. The van der Waals surface area contributed by atoms with E-state index in [-0.39, 0.29) is 11.6 Å². The highest BCUT2D eigenvalue weighted by Crippen LogP contribution is 2.37. The van der Waals surface area contributed by atoms with Gasteiger partial charge in [0.05, 0.1) is 0 Å². The van der Waals surface area contributed by atoms with Gasteiger partial charge in [0.2, 0.25) is 5.91 Å². The maximum atomic E-state index is 13.6. The van der Waals surface area contributed by atoms with Crippen LogP contribution in [0.3, 0.4) is 0 Å². The summed E-state index contributed by atoms with van der Waals surface area (Å²) in [6, 6.07) is 36.8. The van der Waals surface area contributed by atoms with Gasteiger partial charge >= 0.3 is 0 Å². The van der Waals surface area contributed by atoms with Gasteiger partial charge in [-0.25, -0.2) is 4.39 Å². The number of rotatable bonds is 10. The lowest BCUT2D eigenvalue weighted by Gasteiger charge is -2.18. The Balaban J connectivity index is 1.33. The van der Waals surface area contributed by atoms with Crippen LogP contribution in [0.1, 0.15) is 37.9 Å². The first-order valence-corrected chi connectivity index (χ1v) is 15.5. The molecule has 0 bridgehead atoms. The Morgan fingerprint density at radius 1 is 0.739 bits per heavy atom. The van der Waals surface area contributed by atoms with Gasteiger partial charge in [-0.2, -0.15) is 0 Å². The predicted molar refractivity (Wildman–Crippen MR) is 183 cm³/mol. The first-order valence-electron chi connectivity index (χ1n) is 14.6. The van der Waals surface area contributed by atoms with E-state index in [4.69, 9.17) is 0 Å². The fourth-order valence-electron chi connectivity index (χ4n) is 4.59. The zero-order chi connectivity index (χ0) is 32.5. The normalized spacial score (nSPS) is 11.8. The molecular formula is C38H32FN3O3S. The molecule has 0 spiro atoms. The molecule has 0 aliphatic heterocycles. The molecule has 3 amide bonds. The molecule has 0 saturated heterocycles. The van der Waals surface area contributed by atoms with Crippen molar-refractivity contribution in [2.75, 3.05) is 10.6 Å². The van der Waals surface area contributed by atoms with Gasteiger partial charge in [-0.05, 0) is 96.8 Å². The predicted octanol–water partition coefficient (Wildman–Crippen LogP) is 8.32. The molecule has 0 radical (unpaired) electrons. The Hall–Kier alpha value is -5.47. The lowest BCUT2D eigenvalue weighted by atomic mass is 10.1. The molecule has 46 heavy (non-hydrogen) atoms. The summed E-state index contributed by atoms with van der Waals surface area (Å²) in [6.45, 7) is 3.94. The number of thioether (sulfide) groups is 1. The lowest BCUT2D eigenvalue weighted by Crippen LogP contribution is -2.30. The van der Waals surface area contributed by atoms with Crippen LogP contribution < -0.4 is 16.0 Å². The van der Waals surface area contributed by atoms with Crippen LogP contribution in [0.5, 0.6) is 0 Å². The number of carbonyl (C=O) groups is 3. The standard InChI is InChI=1S/C38H32FN3O3S/c1-25-13-14-26(2)33(23-25)41-38(45)35(28-9-5-3-6-10-28)46-32-21-19-31(20-22-32)40-37(44)34(24-27-15-17-30(39)18-16-27)42-36(43)29-11-7-4-8-12-29/h3-24,35H,1-2H3,(H,40,44)(H,41,45)(H,42,43)/b34-24-. The van der Waals surface area contributed by atoms with E-state index in [1.807, 2.05) is 74.5 Å². The summed E-state index contributed by atoms with van der Waals surface area (Å²) in [5.74, 6) is -1.57. The minimum atomic E-state index is -0.552. The quantitative estimate of drug-likeness (QED) is 0.107. The van der Waals surface area contributed by atoms with Gasteiger partial charge in [0.1, 0.15) is 16.8 Å². The molecular weight excluding hydrogens is 598 g/mol. The number of nitrogens with one attached hydrogen (secondary N) is 3. The molecule has 6 nitrogen and oxygen atoms in total. The number of benzene rings is 5. The van der Waals surface area contributed by atoms with Crippen molar-refractivity contribution in [1.29, 1.82) is 0 Å². The van der Waals surface area contributed by atoms with Crippen LogP contribution in [0.15, 0.2) is 138 Å². The highest BCUT2D eigenvalue weighted by molar-refractivity contribution is 8.00. The fourth-order valence-corrected chi connectivity index (χ4v) is 5.61. The van der Waals surface area contributed by atoms with Crippen LogP contribution in [0.25, 0.3) is 6.08 Å². The van der Waals surface area contributed by atoms with Crippen LogP contribution in [-0.2, 0) is 9.59 Å². The SMILES string of the molecule is Cc1ccc(C)c(NC(=O)C(Sc2ccc(NC(=O)/C(=C/c3ccc(F)cc3)NC(=O)c3ccccc3)cc2)c2ccccc2)c1. The second kappa shape index (κ2) is 15.0. The van der Waals surface area contributed by atoms with Crippen LogP contribution in [-0.4, -0.2) is 17.7 Å². The van der Waals surface area contributed by atoms with Gasteiger partial charge in [0.25, 0.3) is 11.8 Å². The maximum absolute atomic E-state index is 13.6. The highest BCUT2D eigenvalue weighted by Gasteiger charge is 2.23. The Morgan fingerprint density at radius 3 is 2.07 bits per heavy atom. The van der Waals surface area contributed by atoms with E-state index in [1.165, 1.54) is 42.1 Å². The monoisotopic (exact) mass is 629 g/mol. The van der Waals surface area contributed by atoms with Gasteiger partial charge < -0.3 is 16.0 Å². The Morgan fingerprint density at radius 2 is 1.39 bits per heavy atom. The van der Waals surface area contributed by atoms with Crippen LogP contribution >= 0.6 is 11.8 Å². The maximum Gasteiger partial charge on any atom is 0.272 e. The summed E-state index contributed by atoms with van der Waals surface area (Å²) in [4.78, 5) is 40.7. The van der Waals surface area contributed by atoms with Crippen molar-refractivity contribution in [2.45, 2.75) is 24.0 Å². The van der Waals surface area contributed by atoms with Gasteiger partial charge in [-0.1, -0.05) is 72.8 Å². The van der Waals surface area contributed by atoms with Crippen LogP contribution in [0.2, 0.25) is 0 Å². The number of amides is 3. The molecule has 1 unspecified atom stereocenters. The molecule has 0 aliphatic carbocycles. The summed E-state index contributed by atoms with van der Waals surface area (Å²) in [5, 5.41) is 8.07. The van der Waals surface area contributed by atoms with E-state index in [0.717, 1.165) is 27.3 Å². The van der Waals surface area contributed by atoms with E-state index >= 15 is 0 Å². The third-order valence-corrected chi connectivity index (χ3v) is 8.33. The van der Waals surface area contributed by atoms with E-state index in [0.29, 0.717) is 16.8 Å². The zero-order valence-electron chi connectivity index (χ0n) is 25.3. The number of hydrogen-bond acceptors (Lipinski definition) is 4. The van der Waals surface area contributed by atoms with Crippen molar-refractivity contribution >= 4 is 46.9 Å². The molecule has 0 fully saturated rings. The molecule has 3 N–H and O–H groups in total. The Kier molecular flexibility index (Phi) is 10.4. The second-order valence-electron chi connectivity index (χ2n) is 10.6. The summed E-state index contributed by atoms with van der Waals surface area (Å²) in [6.07, 6.45) is 1.48. The number of carbonyl (C=O) groups excluding carboxylic acids is 3. The second-order valence-corrected chi connectivity index (χ2v) is 11.8. The molecule has 5 aromatic carbocycles. The van der Waals surface area contributed by atoms with Crippen molar-refractivity contribution in [2.24, 2.45) is 0 Å². The number of anilines is 2. The fraction of sp³-hybridized carbons (Fsp3) is 0.0789. The van der Waals surface area contributed by atoms with Crippen molar-refractivity contribution in [1.82, 2.24) is 5.32 Å². The topological polar surface area (TPSA) is 87.3 Å². The van der Waals surface area contributed by atoms with Crippen molar-refractivity contribution < 1.29 is 18.8 Å². The van der Waals surface area contributed by atoms with Crippen LogP contribution in [0.4, 0.5) is 15.8 Å². The van der Waals surface area contributed by atoms with Gasteiger partial charge in [0.15, 0.2) is 0 Å². The van der Waals surface area contributed by atoms with E-state index in [1.54, 1.807) is 42.5 Å². The largest absolute Gasteiger partial charge is 0.325 e. The van der Waals surface area contributed by atoms with Crippen molar-refractivity contribution in [3.63, 3.8) is 0 Å². The summed E-state index contributed by atoms with van der Waals surface area (Å²) in [5.41, 5.74) is 5.07. The molecule has 5 aromatic rings. The van der Waals surface area contributed by atoms with Gasteiger partial charge in [-0.3, -0.25) is 14.4 Å². The lowest BCUT2D eigenvalue weighted by molar-refractivity contribution is -0.116. The highest BCUT2D eigenvalue weighted by atomic mass is 32.2. The molecule has 8 heteroatoms. The summed E-state index contributed by atoms with van der Waals surface area (Å²) < 4.78 is 13.5. The number of hydrogen-bond donors (Lipinski definition) is 3. The number of aryl methyl sites for hydroxylation is 2. The molecule has 0 heterocycles. The minimum absolute atomic E-state index is 0.00818. The zero-order valence-corrected chi connectivity index (χ0v) is 26.1. The Bertz CT molecular complexity index is 1860. The number of halogens is 1. The molecule has 230 valence electrons. The van der Waals surface area contributed by atoms with E-state index in [9.17, 15) is 18.8 Å². The van der Waals surface area contributed by atoms with Gasteiger partial charge in [0, 0.05) is 21.8 Å². The third-order valence-electron chi connectivity index (χ3n) is 7.07. The first kappa shape index (κ1) is 31.9. The molecule has 0 aromatic heterocycles. The Labute approximate surface area is 271 Å². The summed E-state index contributed by atoms with van der Waals surface area (Å²) >= 11 is 1.40. The molecule has 1 atom stereocenters. The van der Waals surface area contributed by atoms with Gasteiger partial charge in [-0.15, -0.1) is 11.8 Å². The summed E-state index contributed by atoms with van der Waals surface area (Å²) in [7, 11) is 0. The molecule has 0 aliphatic rings. The van der Waals surface area contributed by atoms with Crippen molar-refractivity contribution in [3.8, 4) is 0 Å². The van der Waals surface area contributed by atoms with Crippen LogP contribution in [0, 0.1) is 19.7 Å². The first-order chi connectivity index (χ1) is 22.2. The molecule has 0 saturated carbocycles. The third kappa shape index (κ3) is 8.58. The van der Waals surface area contributed by atoms with E-state index < -0.39 is 22.9 Å². The average Bonchev–Trinajstić information content (AvgIpc) is 3.07. The minimum Gasteiger partial charge on any atom is -0.325 e. The van der Waals surface area contributed by atoms with Crippen molar-refractivity contribution in [3.05, 3.63) is 167 Å². The molecule has 5 rings (SSSR count). The average molecular weight is 630 g/mol.